The van der Waals surface area contributed by atoms with E-state index in [2.05, 4.69) is 46.4 Å². The molecule has 4 nitrogen and oxygen atoms in total. The molecule has 6 heteroatoms. The van der Waals surface area contributed by atoms with Crippen molar-refractivity contribution in [1.29, 1.82) is 0 Å². The third kappa shape index (κ3) is 4.52. The number of hydrogen-bond donors (Lipinski definition) is 1. The van der Waals surface area contributed by atoms with Gasteiger partial charge in [-0.05, 0) is 30.2 Å². The molecule has 1 N–H and O–H groups in total. The van der Waals surface area contributed by atoms with Gasteiger partial charge in [0.25, 0.3) is 0 Å². The van der Waals surface area contributed by atoms with Crippen LogP contribution in [0, 0.1) is 0 Å². The fourth-order valence-corrected chi connectivity index (χ4v) is 2.98. The Hall–Kier alpha value is -1.98. The van der Waals surface area contributed by atoms with Gasteiger partial charge in [-0.3, -0.25) is 5.10 Å². The molecule has 0 aliphatic heterocycles. The van der Waals surface area contributed by atoms with Gasteiger partial charge in [0.1, 0.15) is 5.75 Å². The molecule has 0 saturated carbocycles. The van der Waals surface area contributed by atoms with Crippen LogP contribution in [0.15, 0.2) is 53.7 Å². The Bertz CT molecular complexity index is 789. The minimum atomic E-state index is 0.570. The number of aromatic nitrogens is 3. The average molecular weight is 360 g/mol. The molecular formula is C18H18ClN3OS. The monoisotopic (exact) mass is 359 g/mol. The second-order valence-electron chi connectivity index (χ2n) is 5.17. The Morgan fingerprint density at radius 2 is 2.00 bits per heavy atom. The van der Waals surface area contributed by atoms with Crippen molar-refractivity contribution in [3.63, 3.8) is 0 Å². The molecule has 0 fully saturated rings. The Morgan fingerprint density at radius 3 is 2.75 bits per heavy atom. The molecule has 3 rings (SSSR count). The van der Waals surface area contributed by atoms with Crippen LogP contribution < -0.4 is 4.74 Å². The zero-order chi connectivity index (χ0) is 16.8. The molecule has 0 bridgehead atoms. The van der Waals surface area contributed by atoms with Gasteiger partial charge < -0.3 is 4.74 Å². The summed E-state index contributed by atoms with van der Waals surface area (Å²) in [5.41, 5.74) is 2.35. The first-order valence-electron chi connectivity index (χ1n) is 7.77. The van der Waals surface area contributed by atoms with Crippen molar-refractivity contribution < 1.29 is 4.74 Å². The lowest BCUT2D eigenvalue weighted by atomic mass is 10.1. The van der Waals surface area contributed by atoms with Crippen molar-refractivity contribution in [2.75, 3.05) is 12.4 Å². The summed E-state index contributed by atoms with van der Waals surface area (Å²) < 4.78 is 5.65. The number of rotatable bonds is 7. The van der Waals surface area contributed by atoms with Gasteiger partial charge in [-0.25, -0.2) is 4.98 Å². The number of nitrogens with one attached hydrogen (secondary N) is 1. The zero-order valence-corrected chi connectivity index (χ0v) is 14.9. The number of ether oxygens (including phenoxy) is 1. The molecule has 0 spiro atoms. The molecule has 0 atom stereocenters. The van der Waals surface area contributed by atoms with E-state index in [1.807, 2.05) is 18.2 Å². The molecule has 0 radical (unpaired) electrons. The van der Waals surface area contributed by atoms with E-state index in [4.69, 9.17) is 16.3 Å². The van der Waals surface area contributed by atoms with Crippen molar-refractivity contribution >= 4 is 23.4 Å². The summed E-state index contributed by atoms with van der Waals surface area (Å²) in [6.45, 7) is 2.71. The van der Waals surface area contributed by atoms with Gasteiger partial charge in [0.05, 0.1) is 6.61 Å². The molecule has 0 aliphatic rings. The van der Waals surface area contributed by atoms with E-state index in [0.29, 0.717) is 11.6 Å². The summed E-state index contributed by atoms with van der Waals surface area (Å²) in [5.74, 6) is 2.32. The van der Waals surface area contributed by atoms with Crippen LogP contribution in [0.2, 0.25) is 5.02 Å². The summed E-state index contributed by atoms with van der Waals surface area (Å²) in [4.78, 5) is 4.51. The lowest BCUT2D eigenvalue weighted by Gasteiger charge is -2.04. The number of hydrogen-bond acceptors (Lipinski definition) is 4. The van der Waals surface area contributed by atoms with Crippen LogP contribution in [0.3, 0.4) is 0 Å². The highest BCUT2D eigenvalue weighted by molar-refractivity contribution is 7.99. The van der Waals surface area contributed by atoms with Gasteiger partial charge in [0.15, 0.2) is 5.82 Å². The second kappa shape index (κ2) is 8.22. The Kier molecular flexibility index (Phi) is 5.77. The third-order valence-corrected chi connectivity index (χ3v) is 4.53. The van der Waals surface area contributed by atoms with Crippen LogP contribution in [0.25, 0.3) is 11.4 Å². The van der Waals surface area contributed by atoms with Crippen molar-refractivity contribution in [3.8, 4) is 17.1 Å². The lowest BCUT2D eigenvalue weighted by molar-refractivity contribution is 0.344. The lowest BCUT2D eigenvalue weighted by Crippen LogP contribution is -2.00. The fraction of sp³-hybridized carbons (Fsp3) is 0.222. The highest BCUT2D eigenvalue weighted by Crippen LogP contribution is 2.21. The molecule has 0 amide bonds. The Balaban J connectivity index is 1.50. The minimum Gasteiger partial charge on any atom is -0.493 e. The number of nitrogens with zero attached hydrogens (tertiary/aromatic N) is 2. The van der Waals surface area contributed by atoms with E-state index >= 15 is 0 Å². The SMILES string of the molecule is CCc1ccc(-c2nc(SCCOc3cccc(Cl)c3)n[nH]2)cc1. The number of benzene rings is 2. The van der Waals surface area contributed by atoms with Crippen molar-refractivity contribution in [2.24, 2.45) is 0 Å². The van der Waals surface area contributed by atoms with Gasteiger partial charge in [0.2, 0.25) is 5.16 Å². The molecule has 1 aromatic heterocycles. The van der Waals surface area contributed by atoms with Crippen LogP contribution in [-0.4, -0.2) is 27.5 Å². The predicted molar refractivity (Wildman–Crippen MR) is 98.9 cm³/mol. The smallest absolute Gasteiger partial charge is 0.208 e. The first-order valence-corrected chi connectivity index (χ1v) is 9.14. The van der Waals surface area contributed by atoms with Gasteiger partial charge in [-0.15, -0.1) is 5.10 Å². The van der Waals surface area contributed by atoms with Crippen LogP contribution >= 0.6 is 23.4 Å². The average Bonchev–Trinajstić information content (AvgIpc) is 3.08. The second-order valence-corrected chi connectivity index (χ2v) is 6.67. The van der Waals surface area contributed by atoms with Crippen LogP contribution in [0.4, 0.5) is 0 Å². The maximum Gasteiger partial charge on any atom is 0.208 e. The molecule has 2 aromatic carbocycles. The molecule has 1 heterocycles. The van der Waals surface area contributed by atoms with E-state index in [0.717, 1.165) is 34.5 Å². The van der Waals surface area contributed by atoms with Crippen LogP contribution in [0.1, 0.15) is 12.5 Å². The number of aromatic amines is 1. The summed E-state index contributed by atoms with van der Waals surface area (Å²) in [5, 5.41) is 8.62. The maximum atomic E-state index is 5.92. The molecule has 0 aliphatic carbocycles. The topological polar surface area (TPSA) is 50.8 Å². The summed E-state index contributed by atoms with van der Waals surface area (Å²) in [7, 11) is 0. The summed E-state index contributed by atoms with van der Waals surface area (Å²) in [6, 6.07) is 15.7. The minimum absolute atomic E-state index is 0.570. The van der Waals surface area contributed by atoms with E-state index in [1.165, 1.54) is 5.56 Å². The first-order chi connectivity index (χ1) is 11.7. The quantitative estimate of drug-likeness (QED) is 0.483. The van der Waals surface area contributed by atoms with Crippen LogP contribution in [0.5, 0.6) is 5.75 Å². The van der Waals surface area contributed by atoms with Gasteiger partial charge >= 0.3 is 0 Å². The summed E-state index contributed by atoms with van der Waals surface area (Å²) >= 11 is 7.48. The fourth-order valence-electron chi connectivity index (χ4n) is 2.19. The molecule has 0 saturated heterocycles. The number of aryl methyl sites for hydroxylation is 1. The largest absolute Gasteiger partial charge is 0.493 e. The molecule has 3 aromatic rings. The van der Waals surface area contributed by atoms with Gasteiger partial charge in [-0.2, -0.15) is 0 Å². The summed E-state index contributed by atoms with van der Waals surface area (Å²) in [6.07, 6.45) is 1.03. The molecule has 0 unspecified atom stereocenters. The highest BCUT2D eigenvalue weighted by Gasteiger charge is 2.06. The van der Waals surface area contributed by atoms with Gasteiger partial charge in [0, 0.05) is 16.3 Å². The van der Waals surface area contributed by atoms with Gasteiger partial charge in [-0.1, -0.05) is 60.6 Å². The molecule has 24 heavy (non-hydrogen) atoms. The van der Waals surface area contributed by atoms with E-state index in [-0.39, 0.29) is 0 Å². The van der Waals surface area contributed by atoms with E-state index in [1.54, 1.807) is 17.8 Å². The molecule has 124 valence electrons. The van der Waals surface area contributed by atoms with Crippen molar-refractivity contribution in [2.45, 2.75) is 18.5 Å². The van der Waals surface area contributed by atoms with E-state index < -0.39 is 0 Å². The number of halogens is 1. The normalized spacial score (nSPS) is 10.8. The number of H-pyrrole nitrogens is 1. The Morgan fingerprint density at radius 1 is 1.17 bits per heavy atom. The standard InChI is InChI=1S/C18H18ClN3OS/c1-2-13-6-8-14(9-7-13)17-20-18(22-21-17)24-11-10-23-16-5-3-4-15(19)12-16/h3-9,12H,2,10-11H2,1H3,(H,20,21,22). The maximum absolute atomic E-state index is 5.92. The van der Waals surface area contributed by atoms with Crippen molar-refractivity contribution in [1.82, 2.24) is 15.2 Å². The molecular weight excluding hydrogens is 342 g/mol. The van der Waals surface area contributed by atoms with Crippen molar-refractivity contribution in [3.05, 3.63) is 59.1 Å². The Labute approximate surface area is 150 Å². The van der Waals surface area contributed by atoms with Crippen LogP contribution in [-0.2, 0) is 6.42 Å². The number of thioether (sulfide) groups is 1. The van der Waals surface area contributed by atoms with E-state index in [9.17, 15) is 0 Å². The predicted octanol–water partition coefficient (Wildman–Crippen LogP) is 4.86. The highest BCUT2D eigenvalue weighted by atomic mass is 35.5. The third-order valence-electron chi connectivity index (χ3n) is 3.48. The first kappa shape index (κ1) is 16.9. The zero-order valence-electron chi connectivity index (χ0n) is 13.3.